The Bertz CT molecular complexity index is 597. The summed E-state index contributed by atoms with van der Waals surface area (Å²) in [5.74, 6) is 2.15. The summed E-state index contributed by atoms with van der Waals surface area (Å²) in [4.78, 5) is 11.5. The van der Waals surface area contributed by atoms with Gasteiger partial charge in [0.1, 0.15) is 11.3 Å². The van der Waals surface area contributed by atoms with E-state index in [1.807, 2.05) is 12.1 Å². The lowest BCUT2D eigenvalue weighted by Gasteiger charge is -2.21. The maximum Gasteiger partial charge on any atom is 0.215 e. The molecule has 2 aromatic rings. The van der Waals surface area contributed by atoms with Crippen LogP contribution in [0.5, 0.6) is 5.88 Å². The summed E-state index contributed by atoms with van der Waals surface area (Å²) in [5, 5.41) is 0. The van der Waals surface area contributed by atoms with Gasteiger partial charge in [-0.3, -0.25) is 0 Å². The number of aryl methyl sites for hydroxylation is 1. The van der Waals surface area contributed by atoms with Crippen molar-refractivity contribution in [1.82, 2.24) is 19.4 Å². The second-order valence-corrected chi connectivity index (χ2v) is 5.77. The highest BCUT2D eigenvalue weighted by Crippen LogP contribution is 2.19. The van der Waals surface area contributed by atoms with Crippen LogP contribution in [0.3, 0.4) is 0 Å². The maximum atomic E-state index is 5.90. The van der Waals surface area contributed by atoms with E-state index in [4.69, 9.17) is 16.3 Å². The van der Waals surface area contributed by atoms with Gasteiger partial charge in [-0.1, -0.05) is 0 Å². The number of hydrogen-bond acceptors (Lipinski definition) is 4. The fourth-order valence-corrected chi connectivity index (χ4v) is 2.34. The van der Waals surface area contributed by atoms with E-state index >= 15 is 0 Å². The molecule has 0 fully saturated rings. The van der Waals surface area contributed by atoms with Gasteiger partial charge in [-0.2, -0.15) is 4.98 Å². The monoisotopic (exact) mass is 310 g/mol. The zero-order valence-electron chi connectivity index (χ0n) is 13.1. The number of halogens is 1. The molecule has 2 rings (SSSR count). The number of fused-ring (bicyclic) bond motifs is 1. The van der Waals surface area contributed by atoms with Gasteiger partial charge in [0.15, 0.2) is 5.65 Å². The van der Waals surface area contributed by atoms with Gasteiger partial charge in [0.05, 0.1) is 7.11 Å². The van der Waals surface area contributed by atoms with Crippen LogP contribution in [0.25, 0.3) is 11.2 Å². The average Bonchev–Trinajstić information content (AvgIpc) is 2.81. The minimum absolute atomic E-state index is 0.513. The third-order valence-corrected chi connectivity index (χ3v) is 3.92. The van der Waals surface area contributed by atoms with Gasteiger partial charge in [-0.15, -0.1) is 11.6 Å². The molecule has 0 N–H and O–H groups in total. The number of pyridine rings is 1. The molecule has 0 amide bonds. The Hall–Kier alpha value is -1.33. The van der Waals surface area contributed by atoms with E-state index in [0.29, 0.717) is 17.8 Å². The van der Waals surface area contributed by atoms with E-state index in [-0.39, 0.29) is 0 Å². The van der Waals surface area contributed by atoms with Gasteiger partial charge < -0.3 is 14.2 Å². The topological polar surface area (TPSA) is 43.2 Å². The first-order valence-corrected chi connectivity index (χ1v) is 7.76. The van der Waals surface area contributed by atoms with Gasteiger partial charge in [-0.25, -0.2) is 4.98 Å². The zero-order chi connectivity index (χ0) is 15.4. The molecule has 0 unspecified atom stereocenters. The van der Waals surface area contributed by atoms with Crippen molar-refractivity contribution in [2.45, 2.75) is 32.9 Å². The van der Waals surface area contributed by atoms with Crippen molar-refractivity contribution >= 4 is 22.8 Å². The Kier molecular flexibility index (Phi) is 5.42. The summed E-state index contributed by atoms with van der Waals surface area (Å²) in [6.07, 6.45) is 0.742. The van der Waals surface area contributed by atoms with Crippen molar-refractivity contribution in [3.05, 3.63) is 18.0 Å². The molecule has 6 heteroatoms. The molecular weight excluding hydrogens is 288 g/mol. The standard InChI is InChI=1S/C15H23ClN4O/c1-11(2)19(3)9-10-20-13(7-8-16)17-12-5-6-14(21-4)18-15(12)20/h5-6,11H,7-10H2,1-4H3. The lowest BCUT2D eigenvalue weighted by molar-refractivity contribution is 0.263. The van der Waals surface area contributed by atoms with Crippen LogP contribution in [0.4, 0.5) is 0 Å². The third kappa shape index (κ3) is 3.66. The molecule has 0 atom stereocenters. The van der Waals surface area contributed by atoms with Gasteiger partial charge in [-0.05, 0) is 27.0 Å². The minimum atomic E-state index is 0.513. The SMILES string of the molecule is COc1ccc2nc(CCCl)n(CCN(C)C(C)C)c2n1. The minimum Gasteiger partial charge on any atom is -0.481 e. The second-order valence-electron chi connectivity index (χ2n) is 5.39. The Morgan fingerprint density at radius 2 is 2.10 bits per heavy atom. The highest BCUT2D eigenvalue weighted by Gasteiger charge is 2.13. The molecule has 0 aromatic carbocycles. The van der Waals surface area contributed by atoms with E-state index in [1.54, 1.807) is 7.11 Å². The molecule has 21 heavy (non-hydrogen) atoms. The number of alkyl halides is 1. The van der Waals surface area contributed by atoms with Crippen molar-refractivity contribution in [2.24, 2.45) is 0 Å². The average molecular weight is 311 g/mol. The van der Waals surface area contributed by atoms with E-state index in [1.165, 1.54) is 0 Å². The first-order valence-electron chi connectivity index (χ1n) is 7.23. The number of hydrogen-bond donors (Lipinski definition) is 0. The van der Waals surface area contributed by atoms with Crippen molar-refractivity contribution in [1.29, 1.82) is 0 Å². The van der Waals surface area contributed by atoms with E-state index < -0.39 is 0 Å². The predicted molar refractivity (Wildman–Crippen MR) is 86.3 cm³/mol. The van der Waals surface area contributed by atoms with Crippen molar-refractivity contribution in [2.75, 3.05) is 26.6 Å². The Morgan fingerprint density at radius 3 is 2.71 bits per heavy atom. The molecule has 2 aromatic heterocycles. The third-order valence-electron chi connectivity index (χ3n) is 3.73. The lowest BCUT2D eigenvalue weighted by Crippen LogP contribution is -2.30. The molecule has 2 heterocycles. The normalized spacial score (nSPS) is 11.8. The van der Waals surface area contributed by atoms with Crippen LogP contribution < -0.4 is 4.74 Å². The summed E-state index contributed by atoms with van der Waals surface area (Å²) in [6, 6.07) is 4.30. The Labute approximate surface area is 130 Å². The number of imidazole rings is 1. The molecule has 5 nitrogen and oxygen atoms in total. The summed E-state index contributed by atoms with van der Waals surface area (Å²) < 4.78 is 7.37. The van der Waals surface area contributed by atoms with Crippen LogP contribution in [-0.2, 0) is 13.0 Å². The first-order chi connectivity index (χ1) is 10.1. The number of rotatable bonds is 7. The van der Waals surface area contributed by atoms with Gasteiger partial charge >= 0.3 is 0 Å². The molecule has 0 aliphatic heterocycles. The van der Waals surface area contributed by atoms with Crippen molar-refractivity contribution in [3.8, 4) is 5.88 Å². The molecule has 116 valence electrons. The molecule has 0 aliphatic carbocycles. The number of ether oxygens (including phenoxy) is 1. The van der Waals surface area contributed by atoms with Crippen LogP contribution in [0.15, 0.2) is 12.1 Å². The van der Waals surface area contributed by atoms with Crippen molar-refractivity contribution in [3.63, 3.8) is 0 Å². The summed E-state index contributed by atoms with van der Waals surface area (Å²) in [7, 11) is 3.75. The molecular formula is C15H23ClN4O. The maximum absolute atomic E-state index is 5.90. The zero-order valence-corrected chi connectivity index (χ0v) is 13.9. The van der Waals surface area contributed by atoms with Gasteiger partial charge in [0, 0.05) is 37.5 Å². The fourth-order valence-electron chi connectivity index (χ4n) is 2.17. The van der Waals surface area contributed by atoms with Crippen LogP contribution in [-0.4, -0.2) is 52.1 Å². The molecule has 0 spiro atoms. The first kappa shape index (κ1) is 16.0. The summed E-state index contributed by atoms with van der Waals surface area (Å²) in [5.41, 5.74) is 1.76. The number of nitrogens with zero attached hydrogens (tertiary/aromatic N) is 4. The quantitative estimate of drug-likeness (QED) is 0.737. The fraction of sp³-hybridized carbons (Fsp3) is 0.600. The molecule has 0 saturated heterocycles. The Morgan fingerprint density at radius 1 is 1.33 bits per heavy atom. The van der Waals surface area contributed by atoms with Gasteiger partial charge in [0.25, 0.3) is 0 Å². The highest BCUT2D eigenvalue weighted by atomic mass is 35.5. The van der Waals surface area contributed by atoms with Crippen LogP contribution >= 0.6 is 11.6 Å². The number of methoxy groups -OCH3 is 1. The molecule has 0 aliphatic rings. The lowest BCUT2D eigenvalue weighted by atomic mass is 10.3. The van der Waals surface area contributed by atoms with Crippen LogP contribution in [0.2, 0.25) is 0 Å². The number of aromatic nitrogens is 3. The predicted octanol–water partition coefficient (Wildman–Crippen LogP) is 2.56. The largest absolute Gasteiger partial charge is 0.481 e. The van der Waals surface area contributed by atoms with Crippen LogP contribution in [0, 0.1) is 0 Å². The molecule has 0 bridgehead atoms. The summed E-state index contributed by atoms with van der Waals surface area (Å²) >= 11 is 5.90. The Balaban J connectivity index is 2.34. The summed E-state index contributed by atoms with van der Waals surface area (Å²) in [6.45, 7) is 6.16. The van der Waals surface area contributed by atoms with Crippen LogP contribution in [0.1, 0.15) is 19.7 Å². The molecule has 0 radical (unpaired) electrons. The second kappa shape index (κ2) is 7.09. The van der Waals surface area contributed by atoms with E-state index in [9.17, 15) is 0 Å². The molecule has 0 saturated carbocycles. The van der Waals surface area contributed by atoms with Gasteiger partial charge in [0.2, 0.25) is 5.88 Å². The smallest absolute Gasteiger partial charge is 0.215 e. The highest BCUT2D eigenvalue weighted by molar-refractivity contribution is 6.17. The van der Waals surface area contributed by atoms with E-state index in [2.05, 4.69) is 40.3 Å². The van der Waals surface area contributed by atoms with E-state index in [0.717, 1.165) is 36.5 Å². The van der Waals surface area contributed by atoms with Crippen molar-refractivity contribution < 1.29 is 4.74 Å². The number of likely N-dealkylation sites (N-methyl/N-ethyl adjacent to an activating group) is 1.